The minimum Gasteiger partial charge on any atom is -0.486 e. The lowest BCUT2D eigenvalue weighted by Gasteiger charge is -2.32. The lowest BCUT2D eigenvalue weighted by Crippen LogP contribution is -2.51. The third kappa shape index (κ3) is 5.44. The highest BCUT2D eigenvalue weighted by atomic mass is 16.5. The van der Waals surface area contributed by atoms with Crippen molar-refractivity contribution >= 4 is 11.8 Å². The third-order valence-electron chi connectivity index (χ3n) is 4.92. The van der Waals surface area contributed by atoms with Crippen molar-refractivity contribution in [3.8, 4) is 11.8 Å². The summed E-state index contributed by atoms with van der Waals surface area (Å²) in [5, 5.41) is 11.9. The number of likely N-dealkylation sites (tertiary alicyclic amines) is 1. The normalized spacial score (nSPS) is 22.3. The van der Waals surface area contributed by atoms with Gasteiger partial charge in [0.05, 0.1) is 24.3 Å². The molecule has 2 fully saturated rings. The highest BCUT2D eigenvalue weighted by Gasteiger charge is 2.29. The molecule has 7 nitrogen and oxygen atoms in total. The minimum atomic E-state index is -0.268. The third-order valence-corrected chi connectivity index (χ3v) is 4.92. The Hall–Kier alpha value is -2.59. The fraction of sp³-hybridized carbons (Fsp3) is 0.550. The standard InChI is InChI=1S/C20H25N3O4/c21-13-15-5-7-16(8-6-15)27-18-14-26-12-9-17(18)22-19(24)3-1-10-23-11-2-4-20(23)25/h5-8,17-18H,1-4,9-12,14H2,(H,22,24)/t17-,18-/m1/s1. The van der Waals surface area contributed by atoms with Crippen molar-refractivity contribution in [1.29, 1.82) is 5.26 Å². The average molecular weight is 371 g/mol. The number of nitriles is 1. The van der Waals surface area contributed by atoms with E-state index in [-0.39, 0.29) is 24.0 Å². The van der Waals surface area contributed by atoms with Crippen LogP contribution in [-0.4, -0.2) is 55.2 Å². The van der Waals surface area contributed by atoms with Gasteiger partial charge in [0.25, 0.3) is 0 Å². The van der Waals surface area contributed by atoms with Gasteiger partial charge >= 0.3 is 0 Å². The van der Waals surface area contributed by atoms with Crippen molar-refractivity contribution < 1.29 is 19.1 Å². The molecule has 0 spiro atoms. The lowest BCUT2D eigenvalue weighted by atomic mass is 10.1. The molecule has 0 aromatic heterocycles. The second kappa shape index (κ2) is 9.38. The largest absolute Gasteiger partial charge is 0.486 e. The topological polar surface area (TPSA) is 91.7 Å². The van der Waals surface area contributed by atoms with Crippen molar-refractivity contribution in [2.45, 2.75) is 44.2 Å². The van der Waals surface area contributed by atoms with Crippen LogP contribution in [0.5, 0.6) is 5.75 Å². The van der Waals surface area contributed by atoms with Gasteiger partial charge in [0, 0.05) is 32.5 Å². The van der Waals surface area contributed by atoms with E-state index >= 15 is 0 Å². The fourth-order valence-corrected chi connectivity index (χ4v) is 3.43. The summed E-state index contributed by atoms with van der Waals surface area (Å²) in [5.74, 6) is 0.814. The van der Waals surface area contributed by atoms with E-state index in [0.29, 0.717) is 56.8 Å². The Balaban J connectivity index is 1.46. The molecule has 3 rings (SSSR count). The van der Waals surface area contributed by atoms with Gasteiger partial charge in [-0.25, -0.2) is 0 Å². The van der Waals surface area contributed by atoms with Crippen LogP contribution in [0.4, 0.5) is 0 Å². The molecule has 144 valence electrons. The van der Waals surface area contributed by atoms with E-state index in [1.807, 2.05) is 4.90 Å². The Bertz CT molecular complexity index is 698. The Morgan fingerprint density at radius 3 is 2.89 bits per heavy atom. The van der Waals surface area contributed by atoms with Crippen LogP contribution in [0.3, 0.4) is 0 Å². The second-order valence-corrected chi connectivity index (χ2v) is 6.92. The number of carbonyl (C=O) groups is 2. The van der Waals surface area contributed by atoms with E-state index < -0.39 is 0 Å². The summed E-state index contributed by atoms with van der Waals surface area (Å²) >= 11 is 0. The van der Waals surface area contributed by atoms with Crippen LogP contribution in [0.25, 0.3) is 0 Å². The Morgan fingerprint density at radius 1 is 1.37 bits per heavy atom. The van der Waals surface area contributed by atoms with Crippen LogP contribution in [-0.2, 0) is 14.3 Å². The van der Waals surface area contributed by atoms with Gasteiger partial charge in [-0.2, -0.15) is 5.26 Å². The van der Waals surface area contributed by atoms with Crippen LogP contribution < -0.4 is 10.1 Å². The van der Waals surface area contributed by atoms with E-state index in [9.17, 15) is 9.59 Å². The number of rotatable bonds is 7. The monoisotopic (exact) mass is 371 g/mol. The summed E-state index contributed by atoms with van der Waals surface area (Å²) in [6, 6.07) is 8.86. The van der Waals surface area contributed by atoms with Gasteiger partial charge in [-0.3, -0.25) is 9.59 Å². The first-order valence-corrected chi connectivity index (χ1v) is 9.47. The quantitative estimate of drug-likeness (QED) is 0.786. The number of ether oxygens (including phenoxy) is 2. The molecule has 0 bridgehead atoms. The van der Waals surface area contributed by atoms with Gasteiger partial charge in [-0.05, 0) is 43.5 Å². The maximum Gasteiger partial charge on any atom is 0.222 e. The number of benzene rings is 1. The number of hydrogen-bond acceptors (Lipinski definition) is 5. The van der Waals surface area contributed by atoms with Crippen molar-refractivity contribution in [3.05, 3.63) is 29.8 Å². The van der Waals surface area contributed by atoms with Gasteiger partial charge in [-0.15, -0.1) is 0 Å². The van der Waals surface area contributed by atoms with Crippen LogP contribution >= 0.6 is 0 Å². The van der Waals surface area contributed by atoms with Gasteiger partial charge in [0.2, 0.25) is 11.8 Å². The maximum atomic E-state index is 12.3. The molecule has 7 heteroatoms. The molecular weight excluding hydrogens is 346 g/mol. The molecule has 1 N–H and O–H groups in total. The average Bonchev–Trinajstić information content (AvgIpc) is 3.09. The summed E-state index contributed by atoms with van der Waals surface area (Å²) < 4.78 is 11.5. The molecule has 1 aromatic rings. The highest BCUT2D eigenvalue weighted by Crippen LogP contribution is 2.19. The fourth-order valence-electron chi connectivity index (χ4n) is 3.43. The predicted octanol–water partition coefficient (Wildman–Crippen LogP) is 1.61. The first-order valence-electron chi connectivity index (χ1n) is 9.47. The molecule has 0 radical (unpaired) electrons. The molecule has 1 aromatic carbocycles. The van der Waals surface area contributed by atoms with Crippen molar-refractivity contribution in [3.63, 3.8) is 0 Å². The molecule has 0 unspecified atom stereocenters. The van der Waals surface area contributed by atoms with E-state index in [1.165, 1.54) is 0 Å². The van der Waals surface area contributed by atoms with Crippen LogP contribution in [0, 0.1) is 11.3 Å². The SMILES string of the molecule is N#Cc1ccc(O[C@@H]2COCC[C@H]2NC(=O)CCCN2CCCC2=O)cc1. The summed E-state index contributed by atoms with van der Waals surface area (Å²) in [4.78, 5) is 25.7. The molecule has 2 amide bonds. The predicted molar refractivity (Wildman–Crippen MR) is 98.0 cm³/mol. The van der Waals surface area contributed by atoms with Gasteiger partial charge in [-0.1, -0.05) is 0 Å². The second-order valence-electron chi connectivity index (χ2n) is 6.92. The van der Waals surface area contributed by atoms with Crippen LogP contribution in [0.1, 0.15) is 37.7 Å². The molecular formula is C20H25N3O4. The first kappa shape index (κ1) is 19.2. The smallest absolute Gasteiger partial charge is 0.222 e. The minimum absolute atomic E-state index is 0.0259. The van der Waals surface area contributed by atoms with Crippen LogP contribution in [0.15, 0.2) is 24.3 Å². The Morgan fingerprint density at radius 2 is 2.19 bits per heavy atom. The zero-order valence-electron chi connectivity index (χ0n) is 15.4. The number of carbonyl (C=O) groups excluding carboxylic acids is 2. The van der Waals surface area contributed by atoms with E-state index in [4.69, 9.17) is 14.7 Å². The summed E-state index contributed by atoms with van der Waals surface area (Å²) in [6.07, 6.45) is 3.03. The summed E-state index contributed by atoms with van der Waals surface area (Å²) in [5.41, 5.74) is 0.573. The summed E-state index contributed by atoms with van der Waals surface area (Å²) in [7, 11) is 0. The highest BCUT2D eigenvalue weighted by molar-refractivity contribution is 5.78. The van der Waals surface area contributed by atoms with E-state index in [1.54, 1.807) is 24.3 Å². The zero-order valence-corrected chi connectivity index (χ0v) is 15.4. The van der Waals surface area contributed by atoms with Crippen molar-refractivity contribution in [2.24, 2.45) is 0 Å². The van der Waals surface area contributed by atoms with Gasteiger partial charge in [0.15, 0.2) is 0 Å². The summed E-state index contributed by atoms with van der Waals surface area (Å²) in [6.45, 7) is 2.44. The maximum absolute atomic E-state index is 12.3. The molecule has 2 saturated heterocycles. The van der Waals surface area contributed by atoms with E-state index in [0.717, 1.165) is 13.0 Å². The molecule has 2 atom stereocenters. The number of amides is 2. The molecule has 27 heavy (non-hydrogen) atoms. The molecule has 2 heterocycles. The first-order chi connectivity index (χ1) is 13.2. The zero-order chi connectivity index (χ0) is 19.1. The number of nitrogens with one attached hydrogen (secondary N) is 1. The van der Waals surface area contributed by atoms with Gasteiger partial charge in [0.1, 0.15) is 11.9 Å². The molecule has 0 saturated carbocycles. The van der Waals surface area contributed by atoms with Gasteiger partial charge < -0.3 is 19.7 Å². The molecule has 0 aliphatic carbocycles. The Kier molecular flexibility index (Phi) is 6.66. The number of nitrogens with zero attached hydrogens (tertiary/aromatic N) is 2. The molecule has 2 aliphatic rings. The van der Waals surface area contributed by atoms with E-state index in [2.05, 4.69) is 11.4 Å². The van der Waals surface area contributed by atoms with Crippen molar-refractivity contribution in [1.82, 2.24) is 10.2 Å². The number of hydrogen-bond donors (Lipinski definition) is 1. The van der Waals surface area contributed by atoms with Crippen molar-refractivity contribution in [2.75, 3.05) is 26.3 Å². The Labute approximate surface area is 159 Å². The van der Waals surface area contributed by atoms with Crippen LogP contribution in [0.2, 0.25) is 0 Å². The molecule has 2 aliphatic heterocycles. The lowest BCUT2D eigenvalue weighted by molar-refractivity contribution is -0.128.